The molecule has 1 fully saturated rings. The molecule has 4 N–H and O–H groups in total. The number of hydrogen-bond acceptors (Lipinski definition) is 4. The summed E-state index contributed by atoms with van der Waals surface area (Å²) in [5.74, 6) is 0. The van der Waals surface area contributed by atoms with Crippen molar-refractivity contribution in [2.75, 3.05) is 6.61 Å². The zero-order valence-corrected chi connectivity index (χ0v) is 5.03. The Hall–Kier alpha value is -0.160. The molecule has 0 aromatic heterocycles. The lowest BCUT2D eigenvalue weighted by molar-refractivity contribution is -0.131. The highest BCUT2D eigenvalue weighted by Crippen LogP contribution is 2.09. The van der Waals surface area contributed by atoms with E-state index in [0.29, 0.717) is 13.0 Å². The number of aliphatic hydroxyl groups excluding tert-OH is 2. The maximum Gasteiger partial charge on any atom is 0.134 e. The molecule has 0 aromatic rings. The first-order valence-corrected chi connectivity index (χ1v) is 2.95. The Morgan fingerprint density at radius 3 is 2.56 bits per heavy atom. The molecule has 0 bridgehead atoms. The van der Waals surface area contributed by atoms with Crippen molar-refractivity contribution < 1.29 is 14.9 Å². The first kappa shape index (κ1) is 6.95. The van der Waals surface area contributed by atoms with Gasteiger partial charge in [0, 0.05) is 0 Å². The quantitative estimate of drug-likeness (QED) is 0.372. The minimum atomic E-state index is -0.918. The third-order valence-corrected chi connectivity index (χ3v) is 1.45. The van der Waals surface area contributed by atoms with E-state index in [2.05, 4.69) is 0 Å². The maximum atomic E-state index is 8.95. The second kappa shape index (κ2) is 2.62. The fraction of sp³-hybridized carbons (Fsp3) is 1.00. The van der Waals surface area contributed by atoms with Gasteiger partial charge in [0.1, 0.15) is 12.3 Å². The van der Waals surface area contributed by atoms with Crippen molar-refractivity contribution in [2.24, 2.45) is 5.73 Å². The summed E-state index contributed by atoms with van der Waals surface area (Å²) in [7, 11) is 0. The van der Waals surface area contributed by atoms with Gasteiger partial charge in [-0.3, -0.25) is 0 Å². The zero-order chi connectivity index (χ0) is 6.85. The molecular weight excluding hydrogens is 122 g/mol. The smallest absolute Gasteiger partial charge is 0.134 e. The molecule has 0 spiro atoms. The van der Waals surface area contributed by atoms with E-state index in [-0.39, 0.29) is 0 Å². The summed E-state index contributed by atoms with van der Waals surface area (Å²) >= 11 is 0. The van der Waals surface area contributed by atoms with Crippen molar-refractivity contribution in [2.45, 2.75) is 24.9 Å². The standard InChI is InChI=1S/C5H11NO3/c6-5-4(8)3(7)1-2-9-5/h3-5,7-8H,1-2,6H2/t3-,4+,5?/m1/s1. The molecule has 0 aliphatic carbocycles. The number of ether oxygens (including phenoxy) is 1. The van der Waals surface area contributed by atoms with Crippen molar-refractivity contribution >= 4 is 0 Å². The van der Waals surface area contributed by atoms with E-state index in [1.54, 1.807) is 0 Å². The van der Waals surface area contributed by atoms with Gasteiger partial charge in [-0.1, -0.05) is 0 Å². The normalized spacial score (nSPS) is 45.0. The van der Waals surface area contributed by atoms with Gasteiger partial charge >= 0.3 is 0 Å². The molecule has 1 aliphatic heterocycles. The van der Waals surface area contributed by atoms with Crippen LogP contribution in [0.25, 0.3) is 0 Å². The molecule has 0 amide bonds. The van der Waals surface area contributed by atoms with Crippen LogP contribution in [0, 0.1) is 0 Å². The predicted octanol–water partition coefficient (Wildman–Crippen LogP) is -1.59. The Labute approximate surface area is 53.2 Å². The molecule has 0 saturated carbocycles. The average molecular weight is 133 g/mol. The van der Waals surface area contributed by atoms with Gasteiger partial charge in [0.25, 0.3) is 0 Å². The van der Waals surface area contributed by atoms with Crippen molar-refractivity contribution in [3.8, 4) is 0 Å². The molecular formula is C5H11NO3. The molecule has 0 aromatic carbocycles. The van der Waals surface area contributed by atoms with Crippen molar-refractivity contribution in [1.29, 1.82) is 0 Å². The second-order valence-electron chi connectivity index (χ2n) is 2.18. The summed E-state index contributed by atoms with van der Waals surface area (Å²) in [5, 5.41) is 17.9. The van der Waals surface area contributed by atoms with Crippen molar-refractivity contribution in [3.05, 3.63) is 0 Å². The van der Waals surface area contributed by atoms with Crippen molar-refractivity contribution in [3.63, 3.8) is 0 Å². The van der Waals surface area contributed by atoms with Gasteiger partial charge in [-0.15, -0.1) is 0 Å². The Kier molecular flexibility index (Phi) is 2.02. The van der Waals surface area contributed by atoms with Crippen LogP contribution in [0.1, 0.15) is 6.42 Å². The van der Waals surface area contributed by atoms with Gasteiger partial charge in [-0.25, -0.2) is 0 Å². The van der Waals surface area contributed by atoms with Gasteiger partial charge in [-0.2, -0.15) is 0 Å². The van der Waals surface area contributed by atoms with Gasteiger partial charge in [0.15, 0.2) is 0 Å². The molecule has 1 rings (SSSR count). The van der Waals surface area contributed by atoms with E-state index in [9.17, 15) is 0 Å². The zero-order valence-electron chi connectivity index (χ0n) is 5.03. The molecule has 1 saturated heterocycles. The fourth-order valence-electron chi connectivity index (χ4n) is 0.813. The second-order valence-corrected chi connectivity index (χ2v) is 2.18. The molecule has 54 valence electrons. The van der Waals surface area contributed by atoms with Crippen LogP contribution < -0.4 is 5.73 Å². The highest BCUT2D eigenvalue weighted by molar-refractivity contribution is 4.76. The molecule has 4 nitrogen and oxygen atoms in total. The van der Waals surface area contributed by atoms with E-state index in [1.807, 2.05) is 0 Å². The van der Waals surface area contributed by atoms with Crippen LogP contribution in [0.15, 0.2) is 0 Å². The summed E-state index contributed by atoms with van der Waals surface area (Å²) in [6.07, 6.45) is -1.88. The Morgan fingerprint density at radius 1 is 1.44 bits per heavy atom. The minimum Gasteiger partial charge on any atom is -0.390 e. The third kappa shape index (κ3) is 1.40. The van der Waals surface area contributed by atoms with E-state index in [1.165, 1.54) is 0 Å². The average Bonchev–Trinajstić information content (AvgIpc) is 1.83. The third-order valence-electron chi connectivity index (χ3n) is 1.45. The van der Waals surface area contributed by atoms with E-state index >= 15 is 0 Å². The summed E-state index contributed by atoms with van der Waals surface area (Å²) in [6, 6.07) is 0. The molecule has 9 heavy (non-hydrogen) atoms. The first-order chi connectivity index (χ1) is 4.22. The predicted molar refractivity (Wildman–Crippen MR) is 30.6 cm³/mol. The number of hydrogen-bond donors (Lipinski definition) is 3. The van der Waals surface area contributed by atoms with Crippen LogP contribution in [0.4, 0.5) is 0 Å². The lowest BCUT2D eigenvalue weighted by atomic mass is 10.1. The van der Waals surface area contributed by atoms with Crippen LogP contribution in [0.2, 0.25) is 0 Å². The lowest BCUT2D eigenvalue weighted by Gasteiger charge is -2.28. The summed E-state index contributed by atoms with van der Waals surface area (Å²) in [5.41, 5.74) is 5.24. The van der Waals surface area contributed by atoms with Gasteiger partial charge in [-0.05, 0) is 6.42 Å². The van der Waals surface area contributed by atoms with Crippen molar-refractivity contribution in [1.82, 2.24) is 0 Å². The molecule has 4 heteroatoms. The highest BCUT2D eigenvalue weighted by Gasteiger charge is 2.27. The lowest BCUT2D eigenvalue weighted by Crippen LogP contribution is -2.49. The summed E-state index contributed by atoms with van der Waals surface area (Å²) in [6.45, 7) is 0.430. The Balaban J connectivity index is 2.41. The summed E-state index contributed by atoms with van der Waals surface area (Å²) in [4.78, 5) is 0. The number of aliphatic hydroxyl groups is 2. The van der Waals surface area contributed by atoms with Gasteiger partial charge < -0.3 is 20.7 Å². The van der Waals surface area contributed by atoms with E-state index in [0.717, 1.165) is 0 Å². The molecule has 1 aliphatic rings. The maximum absolute atomic E-state index is 8.95. The molecule has 0 radical (unpaired) electrons. The van der Waals surface area contributed by atoms with Gasteiger partial charge in [0.2, 0.25) is 0 Å². The van der Waals surface area contributed by atoms with Crippen LogP contribution in [-0.4, -0.2) is 35.3 Å². The fourth-order valence-corrected chi connectivity index (χ4v) is 0.813. The first-order valence-electron chi connectivity index (χ1n) is 2.95. The molecule has 1 unspecified atom stereocenters. The Bertz CT molecular complexity index is 88.2. The SMILES string of the molecule is NC1OCC[C@@H](O)[C@@H]1O. The topological polar surface area (TPSA) is 75.7 Å². The highest BCUT2D eigenvalue weighted by atomic mass is 16.5. The van der Waals surface area contributed by atoms with Gasteiger partial charge in [0.05, 0.1) is 12.7 Å². The van der Waals surface area contributed by atoms with Crippen LogP contribution in [-0.2, 0) is 4.74 Å². The number of nitrogens with two attached hydrogens (primary N) is 1. The van der Waals surface area contributed by atoms with E-state index in [4.69, 9.17) is 20.7 Å². The largest absolute Gasteiger partial charge is 0.390 e. The monoisotopic (exact) mass is 133 g/mol. The summed E-state index contributed by atoms with van der Waals surface area (Å²) < 4.78 is 4.83. The van der Waals surface area contributed by atoms with Crippen LogP contribution in [0.5, 0.6) is 0 Å². The molecule has 1 heterocycles. The van der Waals surface area contributed by atoms with Crippen LogP contribution >= 0.6 is 0 Å². The number of rotatable bonds is 0. The van der Waals surface area contributed by atoms with Crippen LogP contribution in [0.3, 0.4) is 0 Å². The Morgan fingerprint density at radius 2 is 2.11 bits per heavy atom. The minimum absolute atomic E-state index is 0.430. The van der Waals surface area contributed by atoms with E-state index < -0.39 is 18.4 Å². The molecule has 3 atom stereocenters.